The quantitative estimate of drug-likeness (QED) is 0.688. The summed E-state index contributed by atoms with van der Waals surface area (Å²) in [5.74, 6) is 2.81. The van der Waals surface area contributed by atoms with E-state index in [2.05, 4.69) is 56.9 Å². The third kappa shape index (κ3) is 4.63. The lowest BCUT2D eigenvalue weighted by Gasteiger charge is -2.42. The van der Waals surface area contributed by atoms with E-state index in [0.717, 1.165) is 17.8 Å². The predicted octanol–water partition coefficient (Wildman–Crippen LogP) is 5.67. The zero-order valence-electron chi connectivity index (χ0n) is 16.4. The van der Waals surface area contributed by atoms with Crippen molar-refractivity contribution in [3.05, 3.63) is 35.4 Å². The van der Waals surface area contributed by atoms with Crippen LogP contribution in [0.1, 0.15) is 70.9 Å². The molecule has 1 heteroatoms. The van der Waals surface area contributed by atoms with Gasteiger partial charge in [0.25, 0.3) is 0 Å². The Labute approximate surface area is 149 Å². The van der Waals surface area contributed by atoms with Crippen LogP contribution in [0.25, 0.3) is 0 Å². The van der Waals surface area contributed by atoms with Crippen molar-refractivity contribution in [3.63, 3.8) is 0 Å². The van der Waals surface area contributed by atoms with Crippen molar-refractivity contribution in [2.24, 2.45) is 17.8 Å². The number of benzene rings is 1. The SMILES string of the molecule is CC(Cc1ccc(C(C)(C)C)cc1)CN1CCC2CCCCC2C1. The maximum Gasteiger partial charge on any atom is 0.00124 e. The van der Waals surface area contributed by atoms with Crippen LogP contribution in [0.3, 0.4) is 0 Å². The standard InChI is InChI=1S/C23H37N/c1-18(15-19-9-11-22(12-10-19)23(2,3)4)16-24-14-13-20-7-5-6-8-21(20)17-24/h9-12,18,20-21H,5-8,13-17H2,1-4H3. The van der Waals surface area contributed by atoms with Crippen LogP contribution in [0.4, 0.5) is 0 Å². The maximum absolute atomic E-state index is 2.76. The van der Waals surface area contributed by atoms with Gasteiger partial charge in [0, 0.05) is 13.1 Å². The normalized spacial score (nSPS) is 26.8. The zero-order valence-corrected chi connectivity index (χ0v) is 16.4. The molecule has 0 spiro atoms. The van der Waals surface area contributed by atoms with E-state index in [4.69, 9.17) is 0 Å². The minimum Gasteiger partial charge on any atom is -0.303 e. The molecule has 1 saturated heterocycles. The number of piperidine rings is 1. The highest BCUT2D eigenvalue weighted by molar-refractivity contribution is 5.27. The van der Waals surface area contributed by atoms with Crippen molar-refractivity contribution >= 4 is 0 Å². The highest BCUT2D eigenvalue weighted by atomic mass is 15.1. The molecule has 3 atom stereocenters. The molecule has 24 heavy (non-hydrogen) atoms. The molecule has 1 nitrogen and oxygen atoms in total. The fourth-order valence-electron chi connectivity index (χ4n) is 4.89. The first kappa shape index (κ1) is 18.0. The van der Waals surface area contributed by atoms with Gasteiger partial charge in [-0.15, -0.1) is 0 Å². The van der Waals surface area contributed by atoms with E-state index < -0.39 is 0 Å². The summed E-state index contributed by atoms with van der Waals surface area (Å²) < 4.78 is 0. The van der Waals surface area contributed by atoms with Gasteiger partial charge < -0.3 is 4.90 Å². The Morgan fingerprint density at radius 3 is 2.33 bits per heavy atom. The Morgan fingerprint density at radius 2 is 1.67 bits per heavy atom. The summed E-state index contributed by atoms with van der Waals surface area (Å²) in [6.45, 7) is 13.3. The van der Waals surface area contributed by atoms with E-state index in [0.29, 0.717) is 0 Å². The van der Waals surface area contributed by atoms with Crippen molar-refractivity contribution in [2.45, 2.75) is 71.6 Å². The number of rotatable bonds is 4. The Balaban J connectivity index is 1.49. The Morgan fingerprint density at radius 1 is 1.00 bits per heavy atom. The third-order valence-electron chi connectivity index (χ3n) is 6.35. The Hall–Kier alpha value is -0.820. The summed E-state index contributed by atoms with van der Waals surface area (Å²) in [5, 5.41) is 0. The number of hydrogen-bond donors (Lipinski definition) is 0. The van der Waals surface area contributed by atoms with E-state index in [1.54, 1.807) is 0 Å². The fraction of sp³-hybridized carbons (Fsp3) is 0.739. The van der Waals surface area contributed by atoms with E-state index in [9.17, 15) is 0 Å². The Bertz CT molecular complexity index is 510. The average Bonchev–Trinajstić information content (AvgIpc) is 2.54. The molecule has 134 valence electrons. The topological polar surface area (TPSA) is 3.24 Å². The molecule has 1 aromatic rings. The minimum absolute atomic E-state index is 0.258. The molecule has 0 aromatic heterocycles. The maximum atomic E-state index is 2.76. The van der Waals surface area contributed by atoms with E-state index in [1.165, 1.54) is 69.3 Å². The monoisotopic (exact) mass is 327 g/mol. The van der Waals surface area contributed by atoms with Crippen molar-refractivity contribution in [2.75, 3.05) is 19.6 Å². The van der Waals surface area contributed by atoms with Gasteiger partial charge in [0.1, 0.15) is 0 Å². The highest BCUT2D eigenvalue weighted by Gasteiger charge is 2.31. The minimum atomic E-state index is 0.258. The lowest BCUT2D eigenvalue weighted by Crippen LogP contribution is -2.43. The first-order chi connectivity index (χ1) is 11.4. The summed E-state index contributed by atoms with van der Waals surface area (Å²) >= 11 is 0. The molecule has 3 rings (SSSR count). The van der Waals surface area contributed by atoms with Gasteiger partial charge >= 0.3 is 0 Å². The number of nitrogens with zero attached hydrogens (tertiary/aromatic N) is 1. The van der Waals surface area contributed by atoms with Gasteiger partial charge in [-0.25, -0.2) is 0 Å². The van der Waals surface area contributed by atoms with Gasteiger partial charge in [-0.3, -0.25) is 0 Å². The number of fused-ring (bicyclic) bond motifs is 1. The Kier molecular flexibility index (Phi) is 5.70. The second kappa shape index (κ2) is 7.60. The molecular weight excluding hydrogens is 290 g/mol. The molecule has 0 radical (unpaired) electrons. The lowest BCUT2D eigenvalue weighted by atomic mass is 9.75. The van der Waals surface area contributed by atoms with Crippen LogP contribution in [0.2, 0.25) is 0 Å². The van der Waals surface area contributed by atoms with E-state index in [1.807, 2.05) is 0 Å². The summed E-state index contributed by atoms with van der Waals surface area (Å²) in [5.41, 5.74) is 3.20. The van der Waals surface area contributed by atoms with Crippen LogP contribution in [0.5, 0.6) is 0 Å². The van der Waals surface area contributed by atoms with Crippen LogP contribution in [0, 0.1) is 17.8 Å². The van der Waals surface area contributed by atoms with Crippen LogP contribution in [-0.4, -0.2) is 24.5 Å². The van der Waals surface area contributed by atoms with Gasteiger partial charge in [0.15, 0.2) is 0 Å². The van der Waals surface area contributed by atoms with Gasteiger partial charge in [0.2, 0.25) is 0 Å². The molecule has 3 unspecified atom stereocenters. The molecule has 2 fully saturated rings. The molecule has 0 N–H and O–H groups in total. The molecule has 1 aromatic carbocycles. The van der Waals surface area contributed by atoms with Crippen LogP contribution >= 0.6 is 0 Å². The molecule has 1 heterocycles. The first-order valence-corrected chi connectivity index (χ1v) is 10.2. The first-order valence-electron chi connectivity index (χ1n) is 10.2. The molecular formula is C23H37N. The highest BCUT2D eigenvalue weighted by Crippen LogP contribution is 2.36. The van der Waals surface area contributed by atoms with Crippen molar-refractivity contribution in [1.29, 1.82) is 0 Å². The molecule has 1 saturated carbocycles. The molecule has 0 bridgehead atoms. The van der Waals surface area contributed by atoms with Crippen LogP contribution < -0.4 is 0 Å². The van der Waals surface area contributed by atoms with Gasteiger partial charge in [-0.1, -0.05) is 71.2 Å². The number of likely N-dealkylation sites (tertiary alicyclic amines) is 1. The van der Waals surface area contributed by atoms with Crippen molar-refractivity contribution < 1.29 is 0 Å². The van der Waals surface area contributed by atoms with Gasteiger partial charge in [-0.05, 0) is 60.1 Å². The second-order valence-electron chi connectivity index (χ2n) is 9.61. The lowest BCUT2D eigenvalue weighted by molar-refractivity contribution is 0.0774. The summed E-state index contributed by atoms with van der Waals surface area (Å²) in [4.78, 5) is 2.76. The zero-order chi connectivity index (χ0) is 17.2. The molecule has 0 amide bonds. The smallest absolute Gasteiger partial charge is 0.00124 e. The predicted molar refractivity (Wildman–Crippen MR) is 105 cm³/mol. The van der Waals surface area contributed by atoms with Gasteiger partial charge in [0.05, 0.1) is 0 Å². The van der Waals surface area contributed by atoms with E-state index in [-0.39, 0.29) is 5.41 Å². The van der Waals surface area contributed by atoms with Gasteiger partial charge in [-0.2, -0.15) is 0 Å². The summed E-state index contributed by atoms with van der Waals surface area (Å²) in [7, 11) is 0. The fourth-order valence-corrected chi connectivity index (χ4v) is 4.89. The molecule has 1 aliphatic carbocycles. The third-order valence-corrected chi connectivity index (χ3v) is 6.35. The van der Waals surface area contributed by atoms with Crippen LogP contribution in [-0.2, 0) is 11.8 Å². The van der Waals surface area contributed by atoms with E-state index >= 15 is 0 Å². The largest absolute Gasteiger partial charge is 0.303 e. The molecule has 1 aliphatic heterocycles. The number of hydrogen-bond acceptors (Lipinski definition) is 1. The second-order valence-corrected chi connectivity index (χ2v) is 9.61. The molecule has 2 aliphatic rings. The average molecular weight is 328 g/mol. The summed E-state index contributed by atoms with van der Waals surface area (Å²) in [6, 6.07) is 9.36. The van der Waals surface area contributed by atoms with Crippen molar-refractivity contribution in [3.8, 4) is 0 Å². The summed E-state index contributed by atoms with van der Waals surface area (Å²) in [6.07, 6.45) is 8.64. The van der Waals surface area contributed by atoms with Crippen molar-refractivity contribution in [1.82, 2.24) is 4.90 Å². The van der Waals surface area contributed by atoms with Crippen LogP contribution in [0.15, 0.2) is 24.3 Å².